The Kier molecular flexibility index (Phi) is 3.83. The highest BCUT2D eigenvalue weighted by Gasteiger charge is 2.38. The summed E-state index contributed by atoms with van der Waals surface area (Å²) in [5.74, 6) is 0. The molecular weight excluding hydrogens is 176 g/mol. The first-order valence-corrected chi connectivity index (χ1v) is 4.05. The van der Waals surface area contributed by atoms with Gasteiger partial charge in [0.2, 0.25) is 0 Å². The molecule has 2 unspecified atom stereocenters. The molecule has 0 aromatic rings. The lowest BCUT2D eigenvalue weighted by Crippen LogP contribution is -2.54. The van der Waals surface area contributed by atoms with Crippen LogP contribution in [-0.2, 0) is 9.47 Å². The fraction of sp³-hybridized carbons (Fsp3) is 0.750. The summed E-state index contributed by atoms with van der Waals surface area (Å²) in [6.45, 7) is 3.52. The van der Waals surface area contributed by atoms with Gasteiger partial charge in [-0.15, -0.1) is 6.58 Å². The van der Waals surface area contributed by atoms with Gasteiger partial charge in [-0.2, -0.15) is 0 Å². The van der Waals surface area contributed by atoms with E-state index in [0.29, 0.717) is 0 Å². The van der Waals surface area contributed by atoms with Crippen LogP contribution in [0.1, 0.15) is 0 Å². The third kappa shape index (κ3) is 2.49. The average Bonchev–Trinajstić information content (AvgIpc) is 2.12. The second-order valence-electron chi connectivity index (χ2n) is 2.87. The van der Waals surface area contributed by atoms with Gasteiger partial charge in [0, 0.05) is 0 Å². The van der Waals surface area contributed by atoms with E-state index in [1.165, 1.54) is 6.08 Å². The first-order chi connectivity index (χ1) is 6.16. The van der Waals surface area contributed by atoms with Crippen LogP contribution in [0.3, 0.4) is 0 Å². The monoisotopic (exact) mass is 190 g/mol. The lowest BCUT2D eigenvalue weighted by molar-refractivity contribution is -0.262. The average molecular weight is 190 g/mol. The van der Waals surface area contributed by atoms with Crippen LogP contribution in [0.25, 0.3) is 0 Å². The van der Waals surface area contributed by atoms with Gasteiger partial charge in [0.25, 0.3) is 0 Å². The van der Waals surface area contributed by atoms with Crippen molar-refractivity contribution in [2.45, 2.75) is 24.6 Å². The quantitative estimate of drug-likeness (QED) is 0.478. The number of ether oxygens (including phenoxy) is 2. The third-order valence-electron chi connectivity index (χ3n) is 1.86. The molecule has 4 atom stereocenters. The molecule has 1 heterocycles. The molecule has 76 valence electrons. The number of rotatable bonds is 3. The Morgan fingerprint density at radius 3 is 2.77 bits per heavy atom. The summed E-state index contributed by atoms with van der Waals surface area (Å²) in [7, 11) is 0. The summed E-state index contributed by atoms with van der Waals surface area (Å²) in [5, 5.41) is 27.8. The van der Waals surface area contributed by atoms with Crippen molar-refractivity contribution in [1.82, 2.24) is 0 Å². The van der Waals surface area contributed by atoms with E-state index in [4.69, 9.17) is 9.47 Å². The van der Waals surface area contributed by atoms with Crippen LogP contribution in [-0.4, -0.2) is 53.1 Å². The zero-order valence-electron chi connectivity index (χ0n) is 7.17. The highest BCUT2D eigenvalue weighted by Crippen LogP contribution is 2.16. The van der Waals surface area contributed by atoms with Crippen molar-refractivity contribution in [1.29, 1.82) is 0 Å². The predicted molar refractivity (Wildman–Crippen MR) is 43.9 cm³/mol. The zero-order chi connectivity index (χ0) is 9.84. The molecule has 0 amide bonds. The maximum atomic E-state index is 9.39. The van der Waals surface area contributed by atoms with Gasteiger partial charge in [0.15, 0.2) is 6.29 Å². The molecule has 0 aliphatic carbocycles. The van der Waals surface area contributed by atoms with Crippen LogP contribution >= 0.6 is 0 Å². The van der Waals surface area contributed by atoms with E-state index in [0.717, 1.165) is 0 Å². The summed E-state index contributed by atoms with van der Waals surface area (Å²) >= 11 is 0. The van der Waals surface area contributed by atoms with Crippen molar-refractivity contribution >= 4 is 0 Å². The smallest absolute Gasteiger partial charge is 0.183 e. The highest BCUT2D eigenvalue weighted by atomic mass is 16.6. The van der Waals surface area contributed by atoms with E-state index in [1.807, 2.05) is 0 Å². The lowest BCUT2D eigenvalue weighted by atomic mass is 10.1. The van der Waals surface area contributed by atoms with Crippen LogP contribution < -0.4 is 0 Å². The summed E-state index contributed by atoms with van der Waals surface area (Å²) in [5.41, 5.74) is 0. The SMILES string of the molecule is C=CCOC1C(O)[C@H](O)CO[C@H]1O. The van der Waals surface area contributed by atoms with Gasteiger partial charge in [-0.25, -0.2) is 0 Å². The predicted octanol–water partition coefficient (Wildman–Crippen LogP) is -1.37. The minimum absolute atomic E-state index is 0.0870. The van der Waals surface area contributed by atoms with Crippen molar-refractivity contribution in [3.8, 4) is 0 Å². The number of hydrogen-bond acceptors (Lipinski definition) is 5. The minimum atomic E-state index is -1.20. The first kappa shape index (κ1) is 10.6. The zero-order valence-corrected chi connectivity index (χ0v) is 7.17. The van der Waals surface area contributed by atoms with Gasteiger partial charge in [-0.05, 0) is 0 Å². The maximum Gasteiger partial charge on any atom is 0.183 e. The van der Waals surface area contributed by atoms with Gasteiger partial charge >= 0.3 is 0 Å². The number of aliphatic hydroxyl groups is 3. The van der Waals surface area contributed by atoms with E-state index in [2.05, 4.69) is 6.58 Å². The van der Waals surface area contributed by atoms with E-state index in [1.54, 1.807) is 0 Å². The molecule has 1 aliphatic heterocycles. The van der Waals surface area contributed by atoms with Crippen LogP contribution in [0.15, 0.2) is 12.7 Å². The second kappa shape index (κ2) is 4.69. The largest absolute Gasteiger partial charge is 0.388 e. The Morgan fingerprint density at radius 2 is 2.15 bits per heavy atom. The molecule has 5 heteroatoms. The fourth-order valence-electron chi connectivity index (χ4n) is 1.14. The Morgan fingerprint density at radius 1 is 1.46 bits per heavy atom. The van der Waals surface area contributed by atoms with Crippen molar-refractivity contribution in [2.75, 3.05) is 13.2 Å². The summed E-state index contributed by atoms with van der Waals surface area (Å²) in [4.78, 5) is 0. The summed E-state index contributed by atoms with van der Waals surface area (Å²) < 4.78 is 9.78. The van der Waals surface area contributed by atoms with Crippen LogP contribution in [0.4, 0.5) is 0 Å². The van der Waals surface area contributed by atoms with E-state index in [9.17, 15) is 15.3 Å². The second-order valence-corrected chi connectivity index (χ2v) is 2.87. The van der Waals surface area contributed by atoms with Crippen molar-refractivity contribution in [2.24, 2.45) is 0 Å². The Labute approximate surface area is 76.2 Å². The molecule has 1 saturated heterocycles. The van der Waals surface area contributed by atoms with Gasteiger partial charge in [-0.3, -0.25) is 0 Å². The lowest BCUT2D eigenvalue weighted by Gasteiger charge is -2.34. The summed E-state index contributed by atoms with van der Waals surface area (Å²) in [6.07, 6.45) is -2.76. The van der Waals surface area contributed by atoms with Gasteiger partial charge in [-0.1, -0.05) is 6.08 Å². The molecule has 13 heavy (non-hydrogen) atoms. The van der Waals surface area contributed by atoms with E-state index < -0.39 is 24.6 Å². The molecule has 0 saturated carbocycles. The maximum absolute atomic E-state index is 9.39. The standard InChI is InChI=1S/C8H14O5/c1-2-3-12-7-6(10)5(9)4-13-8(7)11/h2,5-11H,1,3-4H2/t5-,6?,7?,8-/m1/s1. The van der Waals surface area contributed by atoms with Crippen LogP contribution in [0, 0.1) is 0 Å². The first-order valence-electron chi connectivity index (χ1n) is 4.05. The molecule has 5 nitrogen and oxygen atoms in total. The Balaban J connectivity index is 2.50. The Hall–Kier alpha value is -0.460. The van der Waals surface area contributed by atoms with Gasteiger partial charge in [0.05, 0.1) is 13.2 Å². The van der Waals surface area contributed by atoms with E-state index in [-0.39, 0.29) is 13.2 Å². The van der Waals surface area contributed by atoms with Crippen molar-refractivity contribution in [3.63, 3.8) is 0 Å². The molecular formula is C8H14O5. The normalized spacial score (nSPS) is 40.2. The molecule has 3 N–H and O–H groups in total. The molecule has 0 aromatic carbocycles. The minimum Gasteiger partial charge on any atom is -0.388 e. The highest BCUT2D eigenvalue weighted by molar-refractivity contribution is 4.84. The number of aliphatic hydroxyl groups excluding tert-OH is 3. The molecule has 1 aliphatic rings. The molecule has 0 bridgehead atoms. The van der Waals surface area contributed by atoms with Crippen molar-refractivity contribution in [3.05, 3.63) is 12.7 Å². The van der Waals surface area contributed by atoms with E-state index >= 15 is 0 Å². The Bertz CT molecular complexity index is 172. The summed E-state index contributed by atoms with van der Waals surface area (Å²) in [6, 6.07) is 0. The fourth-order valence-corrected chi connectivity index (χ4v) is 1.14. The van der Waals surface area contributed by atoms with Crippen LogP contribution in [0.2, 0.25) is 0 Å². The third-order valence-corrected chi connectivity index (χ3v) is 1.86. The molecule has 0 aromatic heterocycles. The van der Waals surface area contributed by atoms with Crippen LogP contribution in [0.5, 0.6) is 0 Å². The van der Waals surface area contributed by atoms with Crippen molar-refractivity contribution < 1.29 is 24.8 Å². The molecule has 0 spiro atoms. The molecule has 1 rings (SSSR count). The molecule has 0 radical (unpaired) electrons. The topological polar surface area (TPSA) is 79.2 Å². The number of hydrogen-bond donors (Lipinski definition) is 3. The molecule has 1 fully saturated rings. The van der Waals surface area contributed by atoms with Gasteiger partial charge < -0.3 is 24.8 Å². The van der Waals surface area contributed by atoms with Gasteiger partial charge in [0.1, 0.15) is 18.3 Å².